The van der Waals surface area contributed by atoms with Crippen molar-refractivity contribution in [2.45, 2.75) is 57.0 Å². The number of hydrogen-bond donors (Lipinski definition) is 1. The summed E-state index contributed by atoms with van der Waals surface area (Å²) in [4.78, 5) is 26.3. The van der Waals surface area contributed by atoms with Crippen molar-refractivity contribution < 1.29 is 17.6 Å². The molecular weight excluding hydrogens is 462 g/mol. The number of aromatic nitrogens is 1. The maximum absolute atomic E-state index is 12.8. The van der Waals surface area contributed by atoms with Gasteiger partial charge in [0, 0.05) is 37.0 Å². The molecule has 3 aromatic rings. The Balaban J connectivity index is 1.48. The number of thiophene rings is 1. The summed E-state index contributed by atoms with van der Waals surface area (Å²) in [5.74, 6) is -0.335. The molecule has 1 saturated heterocycles. The van der Waals surface area contributed by atoms with Crippen molar-refractivity contribution in [1.29, 1.82) is 0 Å². The van der Waals surface area contributed by atoms with Gasteiger partial charge in [-0.1, -0.05) is 19.9 Å². The predicted molar refractivity (Wildman–Crippen MR) is 128 cm³/mol. The number of aryl methyl sites for hydroxylation is 1. The van der Waals surface area contributed by atoms with Crippen molar-refractivity contribution in [3.63, 3.8) is 0 Å². The minimum atomic E-state index is -3.61. The van der Waals surface area contributed by atoms with Gasteiger partial charge in [0.25, 0.3) is 0 Å². The second kappa shape index (κ2) is 9.82. The topological polar surface area (TPSA) is 102 Å². The molecule has 10 heteroatoms. The molecule has 0 aliphatic carbocycles. The van der Waals surface area contributed by atoms with Crippen molar-refractivity contribution in [2.24, 2.45) is 5.92 Å². The largest absolute Gasteiger partial charge is 0.419 e. The third-order valence-electron chi connectivity index (χ3n) is 5.83. The molecule has 2 aromatic heterocycles. The zero-order valence-corrected chi connectivity index (χ0v) is 20.5. The van der Waals surface area contributed by atoms with E-state index in [-0.39, 0.29) is 35.4 Å². The van der Waals surface area contributed by atoms with Crippen LogP contribution >= 0.6 is 11.3 Å². The zero-order valence-electron chi connectivity index (χ0n) is 18.8. The van der Waals surface area contributed by atoms with Crippen molar-refractivity contribution in [1.82, 2.24) is 14.2 Å². The monoisotopic (exact) mass is 491 g/mol. The van der Waals surface area contributed by atoms with Crippen LogP contribution < -0.4 is 11.1 Å². The van der Waals surface area contributed by atoms with Gasteiger partial charge in [0.2, 0.25) is 15.9 Å². The molecule has 0 radical (unpaired) electrons. The number of benzene rings is 1. The lowest BCUT2D eigenvalue weighted by molar-refractivity contribution is -0.122. The van der Waals surface area contributed by atoms with Crippen LogP contribution in [0.1, 0.15) is 50.4 Å². The summed E-state index contributed by atoms with van der Waals surface area (Å²) in [5, 5.41) is 5.07. The number of fused-ring (bicyclic) bond motifs is 1. The zero-order chi connectivity index (χ0) is 23.6. The lowest BCUT2D eigenvalue weighted by atomic mass is 10.0. The van der Waals surface area contributed by atoms with Gasteiger partial charge in [-0.25, -0.2) is 13.2 Å². The summed E-state index contributed by atoms with van der Waals surface area (Å²) in [7, 11) is -3.61. The van der Waals surface area contributed by atoms with Crippen LogP contribution in [0.4, 0.5) is 0 Å². The lowest BCUT2D eigenvalue weighted by Gasteiger charge is -2.19. The highest BCUT2D eigenvalue weighted by Gasteiger charge is 2.28. The van der Waals surface area contributed by atoms with E-state index >= 15 is 0 Å². The number of carbonyl (C=O) groups excluding carboxylic acids is 1. The number of nitrogens with one attached hydrogen (secondary N) is 1. The van der Waals surface area contributed by atoms with E-state index in [9.17, 15) is 18.0 Å². The summed E-state index contributed by atoms with van der Waals surface area (Å²) in [6.07, 6.45) is 2.64. The summed E-state index contributed by atoms with van der Waals surface area (Å²) in [6.45, 7) is 5.38. The molecule has 33 heavy (non-hydrogen) atoms. The van der Waals surface area contributed by atoms with Gasteiger partial charge >= 0.3 is 5.76 Å². The van der Waals surface area contributed by atoms with Crippen molar-refractivity contribution in [3.8, 4) is 0 Å². The average molecular weight is 492 g/mol. The molecule has 1 aliphatic rings. The fourth-order valence-electron chi connectivity index (χ4n) is 4.18. The Kier molecular flexibility index (Phi) is 7.06. The van der Waals surface area contributed by atoms with E-state index in [4.69, 9.17) is 4.42 Å². The summed E-state index contributed by atoms with van der Waals surface area (Å²) in [5.41, 5.74) is 0.683. The molecule has 1 fully saturated rings. The van der Waals surface area contributed by atoms with Gasteiger partial charge in [-0.15, -0.1) is 11.3 Å². The first-order valence-electron chi connectivity index (χ1n) is 11.2. The van der Waals surface area contributed by atoms with E-state index in [2.05, 4.69) is 19.2 Å². The molecule has 1 unspecified atom stereocenters. The Morgan fingerprint density at radius 1 is 1.21 bits per heavy atom. The smallest absolute Gasteiger partial charge is 0.408 e. The molecule has 1 aromatic carbocycles. The summed E-state index contributed by atoms with van der Waals surface area (Å²) >= 11 is 1.61. The number of carbonyl (C=O) groups is 1. The van der Waals surface area contributed by atoms with Crippen LogP contribution in [0.5, 0.6) is 0 Å². The molecule has 8 nitrogen and oxygen atoms in total. The van der Waals surface area contributed by atoms with Gasteiger partial charge in [0.05, 0.1) is 16.5 Å². The van der Waals surface area contributed by atoms with E-state index in [1.165, 1.54) is 21.0 Å². The van der Waals surface area contributed by atoms with Gasteiger partial charge in [0.1, 0.15) is 0 Å². The van der Waals surface area contributed by atoms with Crippen LogP contribution in [-0.4, -0.2) is 36.3 Å². The first kappa shape index (κ1) is 23.7. The Morgan fingerprint density at radius 3 is 2.64 bits per heavy atom. The maximum Gasteiger partial charge on any atom is 0.419 e. The Morgan fingerprint density at radius 2 is 1.97 bits per heavy atom. The van der Waals surface area contributed by atoms with E-state index in [1.807, 2.05) is 17.5 Å². The maximum atomic E-state index is 12.8. The number of hydrogen-bond acceptors (Lipinski definition) is 6. The average Bonchev–Trinajstić information content (AvgIpc) is 3.52. The van der Waals surface area contributed by atoms with Crippen LogP contribution in [0, 0.1) is 5.92 Å². The highest BCUT2D eigenvalue weighted by Crippen LogP contribution is 2.26. The molecule has 1 N–H and O–H groups in total. The van der Waals surface area contributed by atoms with Crippen molar-refractivity contribution in [2.75, 3.05) is 13.1 Å². The first-order chi connectivity index (χ1) is 15.8. The second-order valence-electron chi connectivity index (χ2n) is 8.78. The molecule has 0 saturated carbocycles. The van der Waals surface area contributed by atoms with Crippen LogP contribution in [0.3, 0.4) is 0 Å². The van der Waals surface area contributed by atoms with Gasteiger partial charge in [-0.05, 0) is 48.8 Å². The van der Waals surface area contributed by atoms with E-state index in [0.717, 1.165) is 24.1 Å². The lowest BCUT2D eigenvalue weighted by Crippen LogP contribution is -2.30. The third-order valence-corrected chi connectivity index (χ3v) is 8.71. The number of sulfonamides is 1. The van der Waals surface area contributed by atoms with E-state index in [0.29, 0.717) is 24.5 Å². The van der Waals surface area contributed by atoms with E-state index in [1.54, 1.807) is 17.4 Å². The van der Waals surface area contributed by atoms with Gasteiger partial charge in [-0.3, -0.25) is 9.36 Å². The van der Waals surface area contributed by atoms with Gasteiger partial charge < -0.3 is 9.73 Å². The third kappa shape index (κ3) is 5.23. The summed E-state index contributed by atoms with van der Waals surface area (Å²) in [6, 6.07) is 8.39. The van der Waals surface area contributed by atoms with Crippen LogP contribution in [0.25, 0.3) is 11.1 Å². The second-order valence-corrected chi connectivity index (χ2v) is 11.7. The molecule has 0 spiro atoms. The summed E-state index contributed by atoms with van der Waals surface area (Å²) < 4.78 is 33.8. The number of nitrogens with zero attached hydrogens (tertiary/aromatic N) is 2. The predicted octanol–water partition coefficient (Wildman–Crippen LogP) is 3.73. The minimum absolute atomic E-state index is 0.0614. The van der Waals surface area contributed by atoms with Gasteiger partial charge in [-0.2, -0.15) is 4.31 Å². The Bertz CT molecular complexity index is 1270. The molecule has 0 bridgehead atoms. The Hall–Kier alpha value is -2.43. The molecule has 3 heterocycles. The van der Waals surface area contributed by atoms with Crippen LogP contribution in [0.2, 0.25) is 0 Å². The standard InChI is InChI=1S/C23H29N3O5S2/c1-16(2)14-18(21-6-5-13-32-21)24-22(27)9-12-26-19-8-7-17(15-20(19)31-23(26)28)33(29,30)25-10-3-4-11-25/h5-8,13,15-16,18H,3-4,9-12,14H2,1-2H3,(H,24,27). The first-order valence-corrected chi connectivity index (χ1v) is 13.5. The van der Waals surface area contributed by atoms with E-state index < -0.39 is 15.8 Å². The minimum Gasteiger partial charge on any atom is -0.408 e. The SMILES string of the molecule is CC(C)CC(NC(=O)CCn1c(=O)oc2cc(S(=O)(=O)N3CCCC3)ccc21)c1cccs1. The van der Waals surface area contributed by atoms with Crippen molar-refractivity contribution >= 4 is 38.4 Å². The van der Waals surface area contributed by atoms with Gasteiger partial charge in [0.15, 0.2) is 5.58 Å². The molecule has 1 aliphatic heterocycles. The Labute approximate surface area is 197 Å². The van der Waals surface area contributed by atoms with Crippen LogP contribution in [0.15, 0.2) is 49.8 Å². The normalized spacial score (nSPS) is 16.0. The highest BCUT2D eigenvalue weighted by molar-refractivity contribution is 7.89. The number of oxazole rings is 1. The fourth-order valence-corrected chi connectivity index (χ4v) is 6.51. The molecule has 1 atom stereocenters. The molecular formula is C23H29N3O5S2. The van der Waals surface area contributed by atoms with Crippen molar-refractivity contribution in [3.05, 3.63) is 51.1 Å². The number of rotatable bonds is 9. The molecule has 178 valence electrons. The van der Waals surface area contributed by atoms with Crippen LogP contribution in [-0.2, 0) is 21.4 Å². The fraction of sp³-hybridized carbons (Fsp3) is 0.478. The number of amides is 1. The molecule has 4 rings (SSSR count). The quantitative estimate of drug-likeness (QED) is 0.491. The highest BCUT2D eigenvalue weighted by atomic mass is 32.2. The molecule has 1 amide bonds.